The Kier molecular flexibility index (Phi) is 3.55. The number of carboxylic acid groups (broad SMARTS) is 1. The number of aliphatic carboxylic acids is 1. The molecule has 4 nitrogen and oxygen atoms in total. The Labute approximate surface area is 79.2 Å². The summed E-state index contributed by atoms with van der Waals surface area (Å²) in [6, 6.07) is 0. The van der Waals surface area contributed by atoms with Crippen molar-refractivity contribution in [1.82, 2.24) is 9.55 Å². The average molecular weight is 204 g/mol. The number of halogens is 2. The summed E-state index contributed by atoms with van der Waals surface area (Å²) in [5.41, 5.74) is 0.521. The lowest BCUT2D eigenvalue weighted by atomic mass is 10.2. The van der Waals surface area contributed by atoms with Crippen LogP contribution in [-0.2, 0) is 17.8 Å². The molecule has 14 heavy (non-hydrogen) atoms. The highest BCUT2D eigenvalue weighted by molar-refractivity contribution is 5.66. The number of aryl methyl sites for hydroxylation is 1. The van der Waals surface area contributed by atoms with E-state index in [4.69, 9.17) is 5.11 Å². The maximum absolute atomic E-state index is 12.0. The summed E-state index contributed by atoms with van der Waals surface area (Å²) in [6.07, 6.45) is 0.388. The number of aromatic nitrogens is 2. The Hall–Kier alpha value is -1.46. The lowest BCUT2D eigenvalue weighted by molar-refractivity contribution is -0.136. The normalized spacial score (nSPS) is 10.8. The molecule has 0 atom stereocenters. The molecule has 0 bridgehead atoms. The van der Waals surface area contributed by atoms with Crippen LogP contribution in [0.3, 0.4) is 0 Å². The quantitative estimate of drug-likeness (QED) is 0.783. The van der Waals surface area contributed by atoms with Crippen LogP contribution in [0.4, 0.5) is 8.78 Å². The summed E-state index contributed by atoms with van der Waals surface area (Å²) in [4.78, 5) is 13.9. The molecule has 0 aromatic carbocycles. The van der Waals surface area contributed by atoms with Crippen molar-refractivity contribution >= 4 is 5.97 Å². The highest BCUT2D eigenvalue weighted by Crippen LogP contribution is 2.06. The number of hydrogen-bond donors (Lipinski definition) is 1. The maximum atomic E-state index is 12.0. The van der Waals surface area contributed by atoms with Crippen molar-refractivity contribution in [2.45, 2.75) is 25.8 Å². The van der Waals surface area contributed by atoms with E-state index in [2.05, 4.69) is 4.98 Å². The zero-order valence-electron chi connectivity index (χ0n) is 7.36. The van der Waals surface area contributed by atoms with E-state index in [9.17, 15) is 13.6 Å². The molecule has 1 aromatic rings. The first-order chi connectivity index (χ1) is 6.59. The summed E-state index contributed by atoms with van der Waals surface area (Å²) in [6.45, 7) is -0.436. The monoisotopic (exact) mass is 204 g/mol. The number of carbonyl (C=O) groups is 1. The molecule has 0 fully saturated rings. The molecule has 1 heterocycles. The van der Waals surface area contributed by atoms with Crippen molar-refractivity contribution in [3.63, 3.8) is 0 Å². The van der Waals surface area contributed by atoms with E-state index in [0.717, 1.165) is 0 Å². The molecule has 1 rings (SSSR count). The number of hydrogen-bond acceptors (Lipinski definition) is 2. The van der Waals surface area contributed by atoms with Gasteiger partial charge < -0.3 is 9.67 Å². The molecule has 0 saturated carbocycles. The van der Waals surface area contributed by atoms with Crippen molar-refractivity contribution in [3.8, 4) is 0 Å². The van der Waals surface area contributed by atoms with Crippen LogP contribution >= 0.6 is 0 Å². The van der Waals surface area contributed by atoms with Crippen molar-refractivity contribution in [3.05, 3.63) is 18.2 Å². The molecule has 0 amide bonds. The van der Waals surface area contributed by atoms with Gasteiger partial charge in [-0.2, -0.15) is 0 Å². The first-order valence-electron chi connectivity index (χ1n) is 4.08. The molecule has 0 aliphatic carbocycles. The Morgan fingerprint density at radius 1 is 1.64 bits per heavy atom. The first kappa shape index (κ1) is 10.6. The van der Waals surface area contributed by atoms with Crippen LogP contribution in [-0.4, -0.2) is 27.1 Å². The highest BCUT2D eigenvalue weighted by Gasteiger charge is 2.09. The second-order valence-corrected chi connectivity index (χ2v) is 2.82. The van der Waals surface area contributed by atoms with Crippen LogP contribution in [0.25, 0.3) is 0 Å². The smallest absolute Gasteiger partial charge is 0.303 e. The number of alkyl halides is 2. The number of rotatable bonds is 5. The van der Waals surface area contributed by atoms with Gasteiger partial charge in [0.05, 0.1) is 19.3 Å². The predicted molar refractivity (Wildman–Crippen MR) is 44.2 cm³/mol. The summed E-state index contributed by atoms with van der Waals surface area (Å²) in [7, 11) is 0. The molecule has 0 saturated heterocycles. The fourth-order valence-corrected chi connectivity index (χ4v) is 1.10. The molecule has 0 aliphatic rings. The third kappa shape index (κ3) is 3.12. The van der Waals surface area contributed by atoms with Crippen molar-refractivity contribution < 1.29 is 18.7 Å². The highest BCUT2D eigenvalue weighted by atomic mass is 19.3. The largest absolute Gasteiger partial charge is 0.481 e. The summed E-state index contributed by atoms with van der Waals surface area (Å²) in [5.74, 6) is -0.949. The molecule has 0 spiro atoms. The van der Waals surface area contributed by atoms with E-state index in [-0.39, 0.29) is 12.8 Å². The second kappa shape index (κ2) is 4.69. The maximum Gasteiger partial charge on any atom is 0.303 e. The van der Waals surface area contributed by atoms with Gasteiger partial charge in [-0.3, -0.25) is 4.79 Å². The SMILES string of the molecule is O=C(O)CCc1cncn1CC(F)F. The lowest BCUT2D eigenvalue weighted by Gasteiger charge is -2.05. The minimum absolute atomic E-state index is 0.0745. The summed E-state index contributed by atoms with van der Waals surface area (Å²) >= 11 is 0. The molecular weight excluding hydrogens is 194 g/mol. The van der Waals surface area contributed by atoms with E-state index in [1.165, 1.54) is 17.1 Å². The first-order valence-corrected chi connectivity index (χ1v) is 4.08. The van der Waals surface area contributed by atoms with Gasteiger partial charge in [0.25, 0.3) is 6.43 Å². The third-order valence-corrected chi connectivity index (χ3v) is 1.73. The second-order valence-electron chi connectivity index (χ2n) is 2.82. The third-order valence-electron chi connectivity index (χ3n) is 1.73. The molecule has 0 aliphatic heterocycles. The summed E-state index contributed by atoms with van der Waals surface area (Å²) < 4.78 is 25.3. The van der Waals surface area contributed by atoms with Gasteiger partial charge in [0, 0.05) is 11.9 Å². The van der Waals surface area contributed by atoms with Crippen LogP contribution in [0, 0.1) is 0 Å². The van der Waals surface area contributed by atoms with E-state index in [0.29, 0.717) is 5.69 Å². The Morgan fingerprint density at radius 2 is 2.36 bits per heavy atom. The predicted octanol–water partition coefficient (Wildman–Crippen LogP) is 1.17. The van der Waals surface area contributed by atoms with E-state index in [1.54, 1.807) is 0 Å². The number of carboxylic acids is 1. The van der Waals surface area contributed by atoms with Gasteiger partial charge in [0.1, 0.15) is 0 Å². The molecule has 1 aromatic heterocycles. The van der Waals surface area contributed by atoms with Crippen LogP contribution in [0.5, 0.6) is 0 Å². The molecular formula is C8H10F2N2O2. The minimum Gasteiger partial charge on any atom is -0.481 e. The fraction of sp³-hybridized carbons (Fsp3) is 0.500. The molecule has 1 N–H and O–H groups in total. The topological polar surface area (TPSA) is 55.1 Å². The van der Waals surface area contributed by atoms with Gasteiger partial charge in [0.15, 0.2) is 0 Å². The van der Waals surface area contributed by atoms with Crippen molar-refractivity contribution in [2.24, 2.45) is 0 Å². The van der Waals surface area contributed by atoms with Gasteiger partial charge in [-0.05, 0) is 6.42 Å². The van der Waals surface area contributed by atoms with Gasteiger partial charge >= 0.3 is 5.97 Å². The average Bonchev–Trinajstić information content (AvgIpc) is 2.47. The van der Waals surface area contributed by atoms with Gasteiger partial charge in [-0.25, -0.2) is 13.8 Å². The minimum atomic E-state index is -2.45. The van der Waals surface area contributed by atoms with Crippen molar-refractivity contribution in [1.29, 1.82) is 0 Å². The zero-order valence-corrected chi connectivity index (χ0v) is 7.36. The molecule has 78 valence electrons. The Bertz CT molecular complexity index is 312. The van der Waals surface area contributed by atoms with Gasteiger partial charge in [-0.1, -0.05) is 0 Å². The Balaban J connectivity index is 2.58. The number of imidazole rings is 1. The summed E-state index contributed by atoms with van der Waals surface area (Å²) in [5, 5.41) is 8.41. The van der Waals surface area contributed by atoms with Crippen LogP contribution in [0.1, 0.15) is 12.1 Å². The molecule has 0 unspecified atom stereocenters. The van der Waals surface area contributed by atoms with Crippen LogP contribution in [0.15, 0.2) is 12.5 Å². The standard InChI is InChI=1S/C8H10F2N2O2/c9-7(10)4-12-5-11-3-6(12)1-2-8(13)14/h3,5,7H,1-2,4H2,(H,13,14). The van der Waals surface area contributed by atoms with Gasteiger partial charge in [-0.15, -0.1) is 0 Å². The van der Waals surface area contributed by atoms with Gasteiger partial charge in [0.2, 0.25) is 0 Å². The van der Waals surface area contributed by atoms with E-state index >= 15 is 0 Å². The zero-order chi connectivity index (χ0) is 10.6. The van der Waals surface area contributed by atoms with E-state index < -0.39 is 18.9 Å². The Morgan fingerprint density at radius 3 is 2.93 bits per heavy atom. The van der Waals surface area contributed by atoms with Crippen LogP contribution in [0.2, 0.25) is 0 Å². The number of nitrogens with zero attached hydrogens (tertiary/aromatic N) is 2. The fourth-order valence-electron chi connectivity index (χ4n) is 1.10. The molecule has 0 radical (unpaired) electrons. The molecule has 6 heteroatoms. The van der Waals surface area contributed by atoms with Crippen LogP contribution < -0.4 is 0 Å². The lowest BCUT2D eigenvalue weighted by Crippen LogP contribution is -2.10. The van der Waals surface area contributed by atoms with Crippen molar-refractivity contribution in [2.75, 3.05) is 0 Å². The van der Waals surface area contributed by atoms with E-state index in [1.807, 2.05) is 0 Å².